The number of aromatic amines is 1. The highest BCUT2D eigenvalue weighted by Crippen LogP contribution is 2.33. The van der Waals surface area contributed by atoms with Crippen molar-refractivity contribution in [2.75, 3.05) is 13.1 Å². The maximum absolute atomic E-state index is 13.1. The van der Waals surface area contributed by atoms with Crippen molar-refractivity contribution in [3.63, 3.8) is 0 Å². The Bertz CT molecular complexity index is 740. The molecule has 2 aliphatic rings. The van der Waals surface area contributed by atoms with Crippen molar-refractivity contribution >= 4 is 5.91 Å². The van der Waals surface area contributed by atoms with Crippen molar-refractivity contribution in [3.05, 3.63) is 47.5 Å². The second-order valence-electron chi connectivity index (χ2n) is 7.72. The van der Waals surface area contributed by atoms with E-state index in [0.29, 0.717) is 19.1 Å². The molecule has 4 rings (SSSR count). The van der Waals surface area contributed by atoms with Crippen molar-refractivity contribution in [3.8, 4) is 0 Å². The van der Waals surface area contributed by atoms with Crippen LogP contribution in [0.3, 0.4) is 0 Å². The van der Waals surface area contributed by atoms with Crippen LogP contribution in [0, 0.1) is 0 Å². The lowest BCUT2D eigenvalue weighted by atomic mass is 9.85. The minimum absolute atomic E-state index is 0.0768. The van der Waals surface area contributed by atoms with E-state index < -0.39 is 0 Å². The molecule has 27 heavy (non-hydrogen) atoms. The third-order valence-corrected chi connectivity index (χ3v) is 5.79. The number of rotatable bonds is 5. The summed E-state index contributed by atoms with van der Waals surface area (Å²) in [6, 6.07) is 3.93. The number of ether oxygens (including phenoxy) is 1. The first-order valence-electron chi connectivity index (χ1n) is 10.1. The minimum atomic E-state index is 0.0768. The molecule has 144 valence electrons. The van der Waals surface area contributed by atoms with Crippen LogP contribution in [-0.4, -0.2) is 45.2 Å². The van der Waals surface area contributed by atoms with Crippen LogP contribution in [0.4, 0.5) is 0 Å². The first-order chi connectivity index (χ1) is 13.3. The van der Waals surface area contributed by atoms with Crippen LogP contribution in [0.5, 0.6) is 0 Å². The van der Waals surface area contributed by atoms with Crippen LogP contribution < -0.4 is 0 Å². The summed E-state index contributed by atoms with van der Waals surface area (Å²) in [7, 11) is 0. The minimum Gasteiger partial charge on any atom is -0.372 e. The van der Waals surface area contributed by atoms with Crippen LogP contribution in [-0.2, 0) is 11.3 Å². The average Bonchev–Trinajstić information content (AvgIpc) is 3.23. The van der Waals surface area contributed by atoms with Crippen LogP contribution in [0.1, 0.15) is 72.5 Å². The number of amides is 1. The van der Waals surface area contributed by atoms with Crippen LogP contribution in [0.15, 0.2) is 30.7 Å². The lowest BCUT2D eigenvalue weighted by Gasteiger charge is -2.33. The van der Waals surface area contributed by atoms with E-state index in [-0.39, 0.29) is 12.0 Å². The highest BCUT2D eigenvalue weighted by Gasteiger charge is 2.29. The van der Waals surface area contributed by atoms with Gasteiger partial charge < -0.3 is 9.64 Å². The SMILES string of the molecule is O=C(c1cn[nH]c1C1CCCCC1)N1CCC[C@@H](OCc2cccnc2)C1. The van der Waals surface area contributed by atoms with Crippen molar-refractivity contribution < 1.29 is 9.53 Å². The fourth-order valence-corrected chi connectivity index (χ4v) is 4.30. The molecular weight excluding hydrogens is 340 g/mol. The molecule has 1 N–H and O–H groups in total. The van der Waals surface area contributed by atoms with Crippen LogP contribution in [0.25, 0.3) is 0 Å². The third kappa shape index (κ3) is 4.38. The first kappa shape index (κ1) is 18.2. The number of carbonyl (C=O) groups excluding carboxylic acids is 1. The Morgan fingerprint density at radius 2 is 2.07 bits per heavy atom. The molecule has 0 unspecified atom stereocenters. The molecule has 1 saturated heterocycles. The van der Waals surface area contributed by atoms with Gasteiger partial charge in [0.1, 0.15) is 0 Å². The zero-order valence-electron chi connectivity index (χ0n) is 15.8. The highest BCUT2D eigenvalue weighted by atomic mass is 16.5. The Hall–Kier alpha value is -2.21. The number of carbonyl (C=O) groups is 1. The van der Waals surface area contributed by atoms with E-state index in [1.54, 1.807) is 12.4 Å². The van der Waals surface area contributed by atoms with E-state index in [1.165, 1.54) is 19.3 Å². The van der Waals surface area contributed by atoms with Gasteiger partial charge in [-0.3, -0.25) is 14.9 Å². The molecule has 1 saturated carbocycles. The molecule has 6 heteroatoms. The van der Waals surface area contributed by atoms with Gasteiger partial charge in [0.05, 0.1) is 30.2 Å². The van der Waals surface area contributed by atoms with Crippen molar-refractivity contribution in [1.29, 1.82) is 0 Å². The van der Waals surface area contributed by atoms with Gasteiger partial charge in [-0.05, 0) is 37.3 Å². The van der Waals surface area contributed by atoms with Gasteiger partial charge in [0.2, 0.25) is 0 Å². The van der Waals surface area contributed by atoms with Gasteiger partial charge in [0, 0.05) is 31.4 Å². The molecule has 0 spiro atoms. The topological polar surface area (TPSA) is 71.1 Å². The molecule has 2 aromatic heterocycles. The van der Waals surface area contributed by atoms with Gasteiger partial charge in [0.15, 0.2) is 0 Å². The number of hydrogen-bond acceptors (Lipinski definition) is 4. The molecule has 1 aliphatic carbocycles. The average molecular weight is 368 g/mol. The smallest absolute Gasteiger partial charge is 0.257 e. The number of hydrogen-bond donors (Lipinski definition) is 1. The largest absolute Gasteiger partial charge is 0.372 e. The summed E-state index contributed by atoms with van der Waals surface area (Å²) < 4.78 is 6.06. The Labute approximate surface area is 160 Å². The van der Waals surface area contributed by atoms with E-state index in [4.69, 9.17) is 4.74 Å². The summed E-state index contributed by atoms with van der Waals surface area (Å²) >= 11 is 0. The summed E-state index contributed by atoms with van der Waals surface area (Å²) in [6.07, 6.45) is 13.4. The number of nitrogens with zero attached hydrogens (tertiary/aromatic N) is 3. The summed E-state index contributed by atoms with van der Waals surface area (Å²) in [5, 5.41) is 7.32. The van der Waals surface area contributed by atoms with Gasteiger partial charge in [-0.2, -0.15) is 5.10 Å². The number of pyridine rings is 1. The highest BCUT2D eigenvalue weighted by molar-refractivity contribution is 5.95. The molecule has 1 amide bonds. The lowest BCUT2D eigenvalue weighted by Crippen LogP contribution is -2.43. The zero-order chi connectivity index (χ0) is 18.5. The number of likely N-dealkylation sites (tertiary alicyclic amines) is 1. The van der Waals surface area contributed by atoms with Gasteiger partial charge in [-0.1, -0.05) is 25.3 Å². The second-order valence-corrected chi connectivity index (χ2v) is 7.72. The molecule has 0 bridgehead atoms. The number of H-pyrrole nitrogens is 1. The van der Waals surface area contributed by atoms with Crippen molar-refractivity contribution in [1.82, 2.24) is 20.1 Å². The molecule has 2 aromatic rings. The monoisotopic (exact) mass is 368 g/mol. The summed E-state index contributed by atoms with van der Waals surface area (Å²) in [6.45, 7) is 1.98. The molecule has 0 aromatic carbocycles. The predicted octanol–water partition coefficient (Wildman–Crippen LogP) is 3.67. The lowest BCUT2D eigenvalue weighted by molar-refractivity contribution is -0.00686. The maximum atomic E-state index is 13.1. The fourth-order valence-electron chi connectivity index (χ4n) is 4.30. The number of nitrogens with one attached hydrogen (secondary N) is 1. The number of aromatic nitrogens is 3. The van der Waals surface area contributed by atoms with Gasteiger partial charge >= 0.3 is 0 Å². The van der Waals surface area contributed by atoms with E-state index in [2.05, 4.69) is 15.2 Å². The Balaban J connectivity index is 1.38. The van der Waals surface area contributed by atoms with Crippen LogP contribution >= 0.6 is 0 Å². The Morgan fingerprint density at radius 3 is 2.89 bits per heavy atom. The summed E-state index contributed by atoms with van der Waals surface area (Å²) in [5.41, 5.74) is 2.86. The molecule has 2 fully saturated rings. The number of piperidine rings is 1. The quantitative estimate of drug-likeness (QED) is 0.874. The fraction of sp³-hybridized carbons (Fsp3) is 0.571. The predicted molar refractivity (Wildman–Crippen MR) is 102 cm³/mol. The molecule has 1 aliphatic heterocycles. The van der Waals surface area contributed by atoms with E-state index >= 15 is 0 Å². The Kier molecular flexibility index (Phi) is 5.82. The molecule has 6 nitrogen and oxygen atoms in total. The maximum Gasteiger partial charge on any atom is 0.257 e. The van der Waals surface area contributed by atoms with Gasteiger partial charge in [0.25, 0.3) is 5.91 Å². The molecule has 1 atom stereocenters. The zero-order valence-corrected chi connectivity index (χ0v) is 15.8. The summed E-state index contributed by atoms with van der Waals surface area (Å²) in [5.74, 6) is 0.543. The van der Waals surface area contributed by atoms with Crippen molar-refractivity contribution in [2.24, 2.45) is 0 Å². The van der Waals surface area contributed by atoms with E-state index in [0.717, 1.165) is 49.0 Å². The van der Waals surface area contributed by atoms with Gasteiger partial charge in [-0.25, -0.2) is 0 Å². The van der Waals surface area contributed by atoms with E-state index in [1.807, 2.05) is 23.2 Å². The third-order valence-electron chi connectivity index (χ3n) is 5.79. The van der Waals surface area contributed by atoms with Gasteiger partial charge in [-0.15, -0.1) is 0 Å². The molecule has 3 heterocycles. The second kappa shape index (κ2) is 8.65. The van der Waals surface area contributed by atoms with E-state index in [9.17, 15) is 4.79 Å². The first-order valence-corrected chi connectivity index (χ1v) is 10.1. The van der Waals surface area contributed by atoms with Crippen molar-refractivity contribution in [2.45, 2.75) is 63.6 Å². The normalized spacial score (nSPS) is 21.3. The Morgan fingerprint density at radius 1 is 1.19 bits per heavy atom. The molecular formula is C21H28N4O2. The molecule has 0 radical (unpaired) electrons. The summed E-state index contributed by atoms with van der Waals surface area (Å²) in [4.78, 5) is 19.2. The van der Waals surface area contributed by atoms with Crippen LogP contribution in [0.2, 0.25) is 0 Å². The standard InChI is InChI=1S/C21H28N4O2/c26-21(19-13-23-24-20(19)17-7-2-1-3-8-17)25-11-5-9-18(14-25)27-15-16-6-4-10-22-12-16/h4,6,10,12-13,17-18H,1-3,5,7-9,11,14-15H2,(H,23,24)/t18-/m1/s1.